The smallest absolute Gasteiger partial charge is 0.333 e. The lowest BCUT2D eigenvalue weighted by Crippen LogP contribution is -2.09. The third kappa shape index (κ3) is 42.6. The summed E-state index contributed by atoms with van der Waals surface area (Å²) >= 11 is 0. The molecule has 0 aromatic rings. The van der Waals surface area contributed by atoms with Crippen LogP contribution >= 0.6 is 0 Å². The van der Waals surface area contributed by atoms with Crippen molar-refractivity contribution >= 4 is 29.8 Å². The standard InChI is InChI=1S/C7H10O3.C7H12O2.C5H8O2.C4H6O2.C3H4O2/c1-5(2)7(8)10-4-6-3-9-6;1-3-5-6-9-7(8)4-2;1-3-5(6)7-4-2;1-3-4(5)6-2;1-2-3(4)5/h6H,1,3-4H2,2H3;4H,2-3,5-6H2,1H3;3H,1,4H2,2H3;3H,1H2,2H3;2H,1H2,(H,4,5). The van der Waals surface area contributed by atoms with Crippen LogP contribution in [0.5, 0.6) is 0 Å². The first-order valence-electron chi connectivity index (χ1n) is 11.0. The van der Waals surface area contributed by atoms with Crippen LogP contribution in [0.4, 0.5) is 0 Å². The summed E-state index contributed by atoms with van der Waals surface area (Å²) < 4.78 is 22.8. The number of carbonyl (C=O) groups excluding carboxylic acids is 4. The number of rotatable bonds is 11. The van der Waals surface area contributed by atoms with Crippen LogP contribution in [0.25, 0.3) is 0 Å². The number of ether oxygens (including phenoxy) is 5. The highest BCUT2D eigenvalue weighted by Gasteiger charge is 2.24. The molecule has 1 heterocycles. The van der Waals surface area contributed by atoms with Crippen molar-refractivity contribution in [3.8, 4) is 0 Å². The van der Waals surface area contributed by atoms with E-state index in [0.717, 1.165) is 31.1 Å². The molecule has 11 nitrogen and oxygen atoms in total. The first kappa shape index (κ1) is 40.2. The van der Waals surface area contributed by atoms with E-state index in [1.165, 1.54) is 13.2 Å². The normalized spacial score (nSPS) is 11.4. The maximum atomic E-state index is 10.7. The maximum absolute atomic E-state index is 10.7. The van der Waals surface area contributed by atoms with Crippen LogP contribution in [0.3, 0.4) is 0 Å². The van der Waals surface area contributed by atoms with E-state index >= 15 is 0 Å². The lowest BCUT2D eigenvalue weighted by Gasteiger charge is -1.99. The highest BCUT2D eigenvalue weighted by atomic mass is 16.6. The molecule has 37 heavy (non-hydrogen) atoms. The van der Waals surface area contributed by atoms with Gasteiger partial charge in [0.05, 0.1) is 26.9 Å². The van der Waals surface area contributed by atoms with Crippen molar-refractivity contribution in [3.05, 3.63) is 62.8 Å². The molecular formula is C26H40O11. The molecule has 1 rings (SSSR count). The molecule has 210 valence electrons. The summed E-state index contributed by atoms with van der Waals surface area (Å²) in [7, 11) is 1.31. The van der Waals surface area contributed by atoms with Crippen molar-refractivity contribution in [2.24, 2.45) is 0 Å². The second-order valence-electron chi connectivity index (χ2n) is 6.29. The Kier molecular flexibility index (Phi) is 32.6. The molecule has 1 aliphatic rings. The molecule has 1 fully saturated rings. The zero-order valence-corrected chi connectivity index (χ0v) is 22.2. The topological polar surface area (TPSA) is 155 Å². The molecule has 0 aliphatic carbocycles. The summed E-state index contributed by atoms with van der Waals surface area (Å²) in [6, 6.07) is 0. The van der Waals surface area contributed by atoms with Crippen molar-refractivity contribution < 1.29 is 52.8 Å². The highest BCUT2D eigenvalue weighted by molar-refractivity contribution is 5.87. The van der Waals surface area contributed by atoms with Gasteiger partial charge in [-0.25, -0.2) is 24.0 Å². The van der Waals surface area contributed by atoms with Crippen LogP contribution < -0.4 is 0 Å². The number of epoxide rings is 1. The van der Waals surface area contributed by atoms with Gasteiger partial charge in [-0.3, -0.25) is 0 Å². The minimum atomic E-state index is -0.981. The summed E-state index contributed by atoms with van der Waals surface area (Å²) in [4.78, 5) is 50.2. The number of hydrogen-bond donors (Lipinski definition) is 1. The summed E-state index contributed by atoms with van der Waals surface area (Å²) in [5.74, 6) is -2.40. The lowest BCUT2D eigenvalue weighted by molar-refractivity contribution is -0.139. The zero-order chi connectivity index (χ0) is 29.6. The summed E-state index contributed by atoms with van der Waals surface area (Å²) in [6.45, 7) is 23.5. The van der Waals surface area contributed by atoms with Gasteiger partial charge in [0.1, 0.15) is 12.7 Å². The molecule has 1 atom stereocenters. The fraction of sp³-hybridized carbons (Fsp3) is 0.423. The van der Waals surface area contributed by atoms with E-state index in [0.29, 0.717) is 32.0 Å². The van der Waals surface area contributed by atoms with E-state index in [1.807, 2.05) is 6.92 Å². The molecule has 1 unspecified atom stereocenters. The largest absolute Gasteiger partial charge is 0.478 e. The van der Waals surface area contributed by atoms with Gasteiger partial charge in [-0.1, -0.05) is 46.2 Å². The number of carboxylic acid groups (broad SMARTS) is 1. The molecule has 1 saturated heterocycles. The van der Waals surface area contributed by atoms with Crippen LogP contribution in [0.1, 0.15) is 33.6 Å². The number of unbranched alkanes of at least 4 members (excludes halogenated alkanes) is 1. The van der Waals surface area contributed by atoms with Crippen molar-refractivity contribution in [2.75, 3.05) is 33.5 Å². The van der Waals surface area contributed by atoms with E-state index < -0.39 is 11.9 Å². The first-order valence-corrected chi connectivity index (χ1v) is 11.0. The minimum Gasteiger partial charge on any atom is -0.478 e. The van der Waals surface area contributed by atoms with Crippen molar-refractivity contribution in [1.29, 1.82) is 0 Å². The Bertz CT molecular complexity index is 735. The number of carbonyl (C=O) groups is 5. The third-order valence-corrected chi connectivity index (χ3v) is 3.06. The molecule has 0 spiro atoms. The summed E-state index contributed by atoms with van der Waals surface area (Å²) in [5, 5.41) is 7.60. The fourth-order valence-corrected chi connectivity index (χ4v) is 1.12. The molecule has 1 aliphatic heterocycles. The lowest BCUT2D eigenvalue weighted by atomic mass is 10.4. The molecule has 1 N–H and O–H groups in total. The predicted molar refractivity (Wildman–Crippen MR) is 138 cm³/mol. The van der Waals surface area contributed by atoms with Crippen LogP contribution in [0, 0.1) is 0 Å². The van der Waals surface area contributed by atoms with E-state index in [4.69, 9.17) is 14.6 Å². The van der Waals surface area contributed by atoms with Gasteiger partial charge in [-0.05, 0) is 20.3 Å². The van der Waals surface area contributed by atoms with Gasteiger partial charge in [0.15, 0.2) is 0 Å². The van der Waals surface area contributed by atoms with Crippen LogP contribution in [0.15, 0.2) is 62.8 Å². The van der Waals surface area contributed by atoms with Gasteiger partial charge >= 0.3 is 29.8 Å². The van der Waals surface area contributed by atoms with Gasteiger partial charge in [0.2, 0.25) is 0 Å². The molecule has 0 saturated carbocycles. The Morgan fingerprint density at radius 1 is 0.892 bits per heavy atom. The van der Waals surface area contributed by atoms with Gasteiger partial charge in [-0.15, -0.1) is 0 Å². The second kappa shape index (κ2) is 30.0. The second-order valence-corrected chi connectivity index (χ2v) is 6.29. The zero-order valence-electron chi connectivity index (χ0n) is 22.2. The molecule has 0 bridgehead atoms. The Hall–Kier alpha value is -3.99. The third-order valence-electron chi connectivity index (χ3n) is 3.06. The predicted octanol–water partition coefficient (Wildman–Crippen LogP) is 3.36. The molecular weight excluding hydrogens is 488 g/mol. The number of aliphatic carboxylic acids is 1. The van der Waals surface area contributed by atoms with E-state index in [9.17, 15) is 24.0 Å². The SMILES string of the molecule is C=C(C)C(=O)OCC1CO1.C=CC(=O)O.C=CC(=O)OC.C=CC(=O)OCC.C=CC(=O)OCCCC. The molecule has 0 radical (unpaired) electrons. The number of methoxy groups -OCH3 is 1. The maximum Gasteiger partial charge on any atom is 0.333 e. The molecule has 0 aromatic carbocycles. The average molecular weight is 529 g/mol. The monoisotopic (exact) mass is 528 g/mol. The fourth-order valence-electron chi connectivity index (χ4n) is 1.12. The Balaban J connectivity index is -0.000000188. The quantitative estimate of drug-likeness (QED) is 0.138. The molecule has 11 heteroatoms. The van der Waals surface area contributed by atoms with E-state index in [-0.39, 0.29) is 24.0 Å². The molecule has 0 amide bonds. The highest BCUT2D eigenvalue weighted by Crippen LogP contribution is 2.09. The van der Waals surface area contributed by atoms with Crippen LogP contribution in [0.2, 0.25) is 0 Å². The van der Waals surface area contributed by atoms with Crippen LogP contribution in [-0.2, 0) is 47.7 Å². The Morgan fingerprint density at radius 3 is 1.59 bits per heavy atom. The Labute approximate surface area is 219 Å². The van der Waals surface area contributed by atoms with Gasteiger partial charge in [0, 0.05) is 29.9 Å². The van der Waals surface area contributed by atoms with E-state index in [2.05, 4.69) is 47.1 Å². The van der Waals surface area contributed by atoms with Gasteiger partial charge < -0.3 is 28.8 Å². The van der Waals surface area contributed by atoms with Gasteiger partial charge in [-0.2, -0.15) is 0 Å². The Morgan fingerprint density at radius 2 is 1.35 bits per heavy atom. The van der Waals surface area contributed by atoms with Crippen molar-refractivity contribution in [2.45, 2.75) is 39.7 Å². The average Bonchev–Trinajstić information content (AvgIpc) is 3.72. The first-order chi connectivity index (χ1) is 17.4. The van der Waals surface area contributed by atoms with Crippen LogP contribution in [-0.4, -0.2) is 74.6 Å². The summed E-state index contributed by atoms with van der Waals surface area (Å²) in [6.07, 6.45) is 6.38. The van der Waals surface area contributed by atoms with Crippen molar-refractivity contribution in [3.63, 3.8) is 0 Å². The number of esters is 4. The summed E-state index contributed by atoms with van der Waals surface area (Å²) in [5.41, 5.74) is 0.431. The molecule has 0 aromatic heterocycles. The van der Waals surface area contributed by atoms with Crippen molar-refractivity contribution in [1.82, 2.24) is 0 Å². The van der Waals surface area contributed by atoms with E-state index in [1.54, 1.807) is 13.8 Å². The number of hydrogen-bond acceptors (Lipinski definition) is 10. The van der Waals surface area contributed by atoms with Gasteiger partial charge in [0.25, 0.3) is 0 Å². The number of carboxylic acids is 1. The minimum absolute atomic E-state index is 0.142.